The average Bonchev–Trinajstić information content (AvgIpc) is 2.30. The van der Waals surface area contributed by atoms with E-state index in [1.165, 1.54) is 0 Å². The van der Waals surface area contributed by atoms with E-state index in [1.54, 1.807) is 25.1 Å². The molecule has 5 N–H and O–H groups in total. The first-order valence-electron chi connectivity index (χ1n) is 5.42. The van der Waals surface area contributed by atoms with Crippen LogP contribution in [0.15, 0.2) is 18.2 Å². The largest absolute Gasteiger partial charge is 0.366 e. The maximum atomic E-state index is 11.6. The van der Waals surface area contributed by atoms with Gasteiger partial charge < -0.3 is 16.8 Å². The molecule has 0 radical (unpaired) electrons. The van der Waals surface area contributed by atoms with Gasteiger partial charge in [-0.25, -0.2) is 0 Å². The number of amides is 2. The molecule has 0 aliphatic carbocycles. The van der Waals surface area contributed by atoms with E-state index in [0.29, 0.717) is 17.7 Å². The molecule has 0 heterocycles. The molecule has 1 atom stereocenters. The molecule has 5 nitrogen and oxygen atoms in total. The molecule has 5 heteroatoms. The Morgan fingerprint density at radius 2 is 2.06 bits per heavy atom. The van der Waals surface area contributed by atoms with E-state index in [9.17, 15) is 9.59 Å². The smallest absolute Gasteiger partial charge is 0.249 e. The Hall–Kier alpha value is -1.88. The highest BCUT2D eigenvalue weighted by Gasteiger charge is 2.12. The van der Waals surface area contributed by atoms with Crippen LogP contribution in [0, 0.1) is 6.92 Å². The summed E-state index contributed by atoms with van der Waals surface area (Å²) in [5.41, 5.74) is 12.5. The van der Waals surface area contributed by atoms with Gasteiger partial charge in [0.25, 0.3) is 0 Å². The lowest BCUT2D eigenvalue weighted by Crippen LogP contribution is -2.34. The lowest BCUT2D eigenvalue weighted by molar-refractivity contribution is -0.117. The minimum absolute atomic E-state index is 0.272. The van der Waals surface area contributed by atoms with Crippen molar-refractivity contribution in [1.82, 2.24) is 0 Å². The van der Waals surface area contributed by atoms with Crippen molar-refractivity contribution < 1.29 is 9.59 Å². The summed E-state index contributed by atoms with van der Waals surface area (Å²) >= 11 is 0. The molecular formula is C12H17N3O2. The number of carbonyl (C=O) groups is 2. The van der Waals surface area contributed by atoms with Crippen LogP contribution in [0.25, 0.3) is 0 Å². The van der Waals surface area contributed by atoms with Crippen LogP contribution in [0.4, 0.5) is 5.69 Å². The maximum absolute atomic E-state index is 11.6. The zero-order chi connectivity index (χ0) is 13.0. The number of rotatable bonds is 4. The van der Waals surface area contributed by atoms with Crippen LogP contribution < -0.4 is 16.8 Å². The minimum atomic E-state index is -0.548. The van der Waals surface area contributed by atoms with Crippen molar-refractivity contribution in [2.24, 2.45) is 11.5 Å². The second kappa shape index (κ2) is 5.45. The number of aryl methyl sites for hydroxylation is 1. The fraction of sp³-hybridized carbons (Fsp3) is 0.333. The Balaban J connectivity index is 2.90. The minimum Gasteiger partial charge on any atom is -0.366 e. The zero-order valence-electron chi connectivity index (χ0n) is 9.99. The molecule has 1 rings (SSSR count). The van der Waals surface area contributed by atoms with Crippen molar-refractivity contribution in [1.29, 1.82) is 0 Å². The molecule has 17 heavy (non-hydrogen) atoms. The number of hydrogen-bond donors (Lipinski definition) is 3. The Kier molecular flexibility index (Phi) is 4.23. The highest BCUT2D eigenvalue weighted by Crippen LogP contribution is 2.15. The topological polar surface area (TPSA) is 98.2 Å². The molecule has 0 bridgehead atoms. The standard InChI is InChI=1S/C12H17N3O2/c1-3-10(13)12(17)15-8-5-4-7(2)9(6-8)11(14)16/h4-6,10H,3,13H2,1-2H3,(H2,14,16)(H,15,17)/t10-/m0/s1. The average molecular weight is 235 g/mol. The first kappa shape index (κ1) is 13.2. The SMILES string of the molecule is CC[C@H](N)C(=O)Nc1ccc(C)c(C(N)=O)c1. The van der Waals surface area contributed by atoms with Crippen LogP contribution in [0.3, 0.4) is 0 Å². The molecule has 0 aliphatic rings. The number of nitrogens with two attached hydrogens (primary N) is 2. The van der Waals surface area contributed by atoms with Gasteiger partial charge in [-0.3, -0.25) is 9.59 Å². The van der Waals surface area contributed by atoms with Gasteiger partial charge in [0.15, 0.2) is 0 Å². The third-order valence-electron chi connectivity index (χ3n) is 2.55. The van der Waals surface area contributed by atoms with Crippen molar-refractivity contribution in [3.05, 3.63) is 29.3 Å². The summed E-state index contributed by atoms with van der Waals surface area (Å²) in [7, 11) is 0. The maximum Gasteiger partial charge on any atom is 0.249 e. The van der Waals surface area contributed by atoms with Crippen LogP contribution in [0.1, 0.15) is 29.3 Å². The van der Waals surface area contributed by atoms with E-state index in [4.69, 9.17) is 11.5 Å². The third-order valence-corrected chi connectivity index (χ3v) is 2.55. The van der Waals surface area contributed by atoms with Gasteiger partial charge >= 0.3 is 0 Å². The predicted octanol–water partition coefficient (Wildman–Crippen LogP) is 0.770. The molecule has 1 aromatic carbocycles. The van der Waals surface area contributed by atoms with Crippen LogP contribution in [0.5, 0.6) is 0 Å². The molecule has 0 saturated heterocycles. The molecule has 0 unspecified atom stereocenters. The third kappa shape index (κ3) is 3.29. The summed E-state index contributed by atoms with van der Waals surface area (Å²) in [6.45, 7) is 3.61. The molecule has 0 saturated carbocycles. The number of benzene rings is 1. The summed E-state index contributed by atoms with van der Waals surface area (Å²) in [4.78, 5) is 22.7. The fourth-order valence-corrected chi connectivity index (χ4v) is 1.39. The van der Waals surface area contributed by atoms with Gasteiger partial charge in [-0.1, -0.05) is 13.0 Å². The van der Waals surface area contributed by atoms with E-state index < -0.39 is 11.9 Å². The van der Waals surface area contributed by atoms with E-state index in [2.05, 4.69) is 5.32 Å². The van der Waals surface area contributed by atoms with Gasteiger partial charge in [-0.2, -0.15) is 0 Å². The highest BCUT2D eigenvalue weighted by atomic mass is 16.2. The number of anilines is 1. The van der Waals surface area contributed by atoms with Crippen molar-refractivity contribution in [3.63, 3.8) is 0 Å². The summed E-state index contributed by atoms with van der Waals surface area (Å²) < 4.78 is 0. The number of primary amides is 1. The van der Waals surface area contributed by atoms with Crippen molar-refractivity contribution in [2.75, 3.05) is 5.32 Å². The summed E-state index contributed by atoms with van der Waals surface area (Å²) in [5.74, 6) is -0.787. The first-order chi connectivity index (χ1) is 7.95. The molecule has 0 fully saturated rings. The Morgan fingerprint density at radius 3 is 2.59 bits per heavy atom. The lowest BCUT2D eigenvalue weighted by Gasteiger charge is -2.11. The van der Waals surface area contributed by atoms with Crippen LogP contribution in [0.2, 0.25) is 0 Å². The van der Waals surface area contributed by atoms with Gasteiger partial charge in [-0.15, -0.1) is 0 Å². The van der Waals surface area contributed by atoms with Gasteiger partial charge in [0.2, 0.25) is 11.8 Å². The first-order valence-corrected chi connectivity index (χ1v) is 5.42. The molecule has 0 spiro atoms. The van der Waals surface area contributed by atoms with Gasteiger partial charge in [0.1, 0.15) is 0 Å². The Labute approximate surface area is 100 Å². The van der Waals surface area contributed by atoms with Crippen LogP contribution in [-0.4, -0.2) is 17.9 Å². The molecular weight excluding hydrogens is 218 g/mol. The lowest BCUT2D eigenvalue weighted by atomic mass is 10.1. The van der Waals surface area contributed by atoms with E-state index >= 15 is 0 Å². The highest BCUT2D eigenvalue weighted by molar-refractivity contribution is 5.98. The van der Waals surface area contributed by atoms with Crippen LogP contribution >= 0.6 is 0 Å². The van der Waals surface area contributed by atoms with E-state index in [1.807, 2.05) is 6.92 Å². The summed E-state index contributed by atoms with van der Waals surface area (Å²) in [6.07, 6.45) is 0.556. The van der Waals surface area contributed by atoms with E-state index in [-0.39, 0.29) is 5.91 Å². The zero-order valence-corrected chi connectivity index (χ0v) is 9.99. The second-order valence-electron chi connectivity index (χ2n) is 3.90. The molecule has 0 aromatic heterocycles. The molecule has 0 aliphatic heterocycles. The fourth-order valence-electron chi connectivity index (χ4n) is 1.39. The Morgan fingerprint density at radius 1 is 1.41 bits per heavy atom. The van der Waals surface area contributed by atoms with Crippen molar-refractivity contribution in [2.45, 2.75) is 26.3 Å². The monoisotopic (exact) mass is 235 g/mol. The normalized spacial score (nSPS) is 11.9. The summed E-state index contributed by atoms with van der Waals surface area (Å²) in [5, 5.41) is 2.64. The summed E-state index contributed by atoms with van der Waals surface area (Å²) in [6, 6.07) is 4.45. The molecule has 2 amide bonds. The van der Waals surface area contributed by atoms with Gasteiger partial charge in [-0.05, 0) is 31.0 Å². The van der Waals surface area contributed by atoms with Gasteiger partial charge in [0.05, 0.1) is 6.04 Å². The number of carbonyl (C=O) groups excluding carboxylic acids is 2. The number of nitrogens with one attached hydrogen (secondary N) is 1. The second-order valence-corrected chi connectivity index (χ2v) is 3.90. The van der Waals surface area contributed by atoms with Crippen molar-refractivity contribution >= 4 is 17.5 Å². The van der Waals surface area contributed by atoms with Crippen LogP contribution in [-0.2, 0) is 4.79 Å². The van der Waals surface area contributed by atoms with E-state index in [0.717, 1.165) is 5.56 Å². The number of hydrogen-bond acceptors (Lipinski definition) is 3. The quantitative estimate of drug-likeness (QED) is 0.718. The molecule has 1 aromatic rings. The molecule has 92 valence electrons. The Bertz CT molecular complexity index is 443. The van der Waals surface area contributed by atoms with Gasteiger partial charge in [0, 0.05) is 11.3 Å². The predicted molar refractivity (Wildman–Crippen MR) is 66.6 cm³/mol. The van der Waals surface area contributed by atoms with Crippen molar-refractivity contribution in [3.8, 4) is 0 Å².